The summed E-state index contributed by atoms with van der Waals surface area (Å²) in [5.41, 5.74) is 0.841. The van der Waals surface area contributed by atoms with Gasteiger partial charge in [0.2, 0.25) is 0 Å². The van der Waals surface area contributed by atoms with Crippen LogP contribution < -0.4 is 4.74 Å². The molecule has 0 radical (unpaired) electrons. The summed E-state index contributed by atoms with van der Waals surface area (Å²) in [4.78, 5) is 3.89. The van der Waals surface area contributed by atoms with Gasteiger partial charge in [-0.15, -0.1) is 0 Å². The Morgan fingerprint density at radius 1 is 1.42 bits per heavy atom. The second kappa shape index (κ2) is 4.37. The lowest BCUT2D eigenvalue weighted by Crippen LogP contribution is -1.89. The van der Waals surface area contributed by atoms with Crippen LogP contribution >= 0.6 is 0 Å². The van der Waals surface area contributed by atoms with E-state index in [2.05, 4.69) is 17.4 Å². The van der Waals surface area contributed by atoms with Crippen molar-refractivity contribution in [2.75, 3.05) is 6.61 Å². The van der Waals surface area contributed by atoms with E-state index in [1.807, 2.05) is 31.2 Å². The summed E-state index contributed by atoms with van der Waals surface area (Å²) < 4.78 is 5.26. The molecule has 1 aromatic rings. The van der Waals surface area contributed by atoms with Crippen LogP contribution in [-0.2, 0) is 0 Å². The molecule has 0 spiro atoms. The van der Waals surface area contributed by atoms with E-state index in [9.17, 15) is 0 Å². The average Bonchev–Trinajstić information content (AvgIpc) is 2.09. The van der Waals surface area contributed by atoms with Crippen LogP contribution in [0.4, 0.5) is 5.69 Å². The van der Waals surface area contributed by atoms with Crippen molar-refractivity contribution in [2.24, 2.45) is 4.99 Å². The zero-order chi connectivity index (χ0) is 8.81. The zero-order valence-electron chi connectivity index (χ0n) is 7.08. The van der Waals surface area contributed by atoms with E-state index in [-0.39, 0.29) is 0 Å². The van der Waals surface area contributed by atoms with E-state index >= 15 is 0 Å². The fourth-order valence-electron chi connectivity index (χ4n) is 0.875. The molecule has 0 bridgehead atoms. The molecule has 62 valence electrons. The highest BCUT2D eigenvalue weighted by Crippen LogP contribution is 2.17. The van der Waals surface area contributed by atoms with E-state index in [0.717, 1.165) is 11.4 Å². The van der Waals surface area contributed by atoms with Crippen molar-refractivity contribution in [1.82, 2.24) is 0 Å². The number of ether oxygens (including phenoxy) is 1. The lowest BCUT2D eigenvalue weighted by Gasteiger charge is -2.01. The molecule has 2 nitrogen and oxygen atoms in total. The largest absolute Gasteiger partial charge is 0.494 e. The molecule has 0 aliphatic rings. The van der Waals surface area contributed by atoms with Gasteiger partial charge in [-0.1, -0.05) is 0 Å². The van der Waals surface area contributed by atoms with Crippen molar-refractivity contribution in [3.63, 3.8) is 0 Å². The van der Waals surface area contributed by atoms with Gasteiger partial charge in [0.05, 0.1) is 12.3 Å². The number of benzene rings is 1. The number of nitrogens with zero attached hydrogens (tertiary/aromatic N) is 1. The van der Waals surface area contributed by atoms with E-state index in [1.165, 1.54) is 0 Å². The molecular formula is C10H11NO. The van der Waals surface area contributed by atoms with Crippen LogP contribution in [-0.4, -0.2) is 12.5 Å². The van der Waals surface area contributed by atoms with Gasteiger partial charge in [-0.2, -0.15) is 0 Å². The van der Waals surface area contributed by atoms with Gasteiger partial charge in [0.15, 0.2) is 0 Å². The molecule has 0 fully saturated rings. The smallest absolute Gasteiger partial charge is 0.119 e. The Labute approximate surface area is 72.2 Å². The zero-order valence-corrected chi connectivity index (χ0v) is 7.08. The SMILES string of the molecule is C=C=Nc1ccc(OCC)cc1. The summed E-state index contributed by atoms with van der Waals surface area (Å²) in [7, 11) is 0. The number of hydrogen-bond acceptors (Lipinski definition) is 2. The third-order valence-corrected chi connectivity index (χ3v) is 1.36. The first kappa shape index (κ1) is 8.57. The molecule has 0 unspecified atom stereocenters. The molecule has 12 heavy (non-hydrogen) atoms. The van der Waals surface area contributed by atoms with Crippen LogP contribution in [0.2, 0.25) is 0 Å². The standard InChI is InChI=1S/C10H11NO/c1-3-11-9-5-7-10(8-6-9)12-4-2/h5-8H,1,4H2,2H3. The summed E-state index contributed by atoms with van der Waals surface area (Å²) >= 11 is 0. The quantitative estimate of drug-likeness (QED) is 0.624. The Balaban J connectivity index is 2.77. The first-order valence-electron chi connectivity index (χ1n) is 3.82. The molecule has 0 heterocycles. The van der Waals surface area contributed by atoms with E-state index < -0.39 is 0 Å². The van der Waals surface area contributed by atoms with Crippen molar-refractivity contribution in [1.29, 1.82) is 0 Å². The third-order valence-electron chi connectivity index (χ3n) is 1.36. The molecule has 0 saturated heterocycles. The molecule has 0 N–H and O–H groups in total. The van der Waals surface area contributed by atoms with Crippen LogP contribution in [0.25, 0.3) is 0 Å². The minimum absolute atomic E-state index is 0.685. The monoisotopic (exact) mass is 161 g/mol. The molecule has 1 rings (SSSR count). The maximum atomic E-state index is 5.26. The summed E-state index contributed by atoms with van der Waals surface area (Å²) in [5.74, 6) is 3.33. The first-order chi connectivity index (χ1) is 5.86. The van der Waals surface area contributed by atoms with Crippen LogP contribution in [0.3, 0.4) is 0 Å². The van der Waals surface area contributed by atoms with Crippen molar-refractivity contribution in [3.8, 4) is 5.75 Å². The molecule has 0 aliphatic heterocycles. The summed E-state index contributed by atoms with van der Waals surface area (Å²) in [5, 5.41) is 0. The van der Waals surface area contributed by atoms with E-state index in [1.54, 1.807) is 0 Å². The minimum atomic E-state index is 0.685. The van der Waals surface area contributed by atoms with Crippen LogP contribution in [0.5, 0.6) is 5.75 Å². The van der Waals surface area contributed by atoms with Gasteiger partial charge < -0.3 is 4.74 Å². The summed E-state index contributed by atoms with van der Waals surface area (Å²) in [6.07, 6.45) is 0. The predicted octanol–water partition coefficient (Wildman–Crippen LogP) is 2.57. The van der Waals surface area contributed by atoms with Gasteiger partial charge in [0.1, 0.15) is 5.75 Å². The van der Waals surface area contributed by atoms with Crippen molar-refractivity contribution >= 4 is 11.6 Å². The van der Waals surface area contributed by atoms with Crippen molar-refractivity contribution < 1.29 is 4.74 Å². The molecule has 0 atom stereocenters. The van der Waals surface area contributed by atoms with Gasteiger partial charge in [0.25, 0.3) is 0 Å². The fourth-order valence-corrected chi connectivity index (χ4v) is 0.875. The number of hydrogen-bond donors (Lipinski definition) is 0. The van der Waals surface area contributed by atoms with Crippen LogP contribution in [0, 0.1) is 0 Å². The predicted molar refractivity (Wildman–Crippen MR) is 50.3 cm³/mol. The summed E-state index contributed by atoms with van der Waals surface area (Å²) in [6, 6.07) is 7.48. The molecule has 2 heteroatoms. The van der Waals surface area contributed by atoms with E-state index in [0.29, 0.717) is 6.61 Å². The highest BCUT2D eigenvalue weighted by atomic mass is 16.5. The molecule has 1 aromatic carbocycles. The highest BCUT2D eigenvalue weighted by Gasteiger charge is 1.90. The maximum absolute atomic E-state index is 5.26. The average molecular weight is 161 g/mol. The number of rotatable bonds is 3. The molecule has 0 aliphatic carbocycles. The number of aliphatic imine (C=N–C) groups is 1. The molecule has 0 aromatic heterocycles. The van der Waals surface area contributed by atoms with Gasteiger partial charge in [-0.3, -0.25) is 0 Å². The molecule has 0 saturated carbocycles. The third kappa shape index (κ3) is 2.26. The Morgan fingerprint density at radius 2 is 2.08 bits per heavy atom. The Bertz CT molecular complexity index is 283. The lowest BCUT2D eigenvalue weighted by atomic mass is 10.3. The Kier molecular flexibility index (Phi) is 3.12. The minimum Gasteiger partial charge on any atom is -0.494 e. The molecule has 0 amide bonds. The van der Waals surface area contributed by atoms with Gasteiger partial charge in [-0.05, 0) is 43.6 Å². The second-order valence-electron chi connectivity index (χ2n) is 2.20. The first-order valence-corrected chi connectivity index (χ1v) is 3.82. The van der Waals surface area contributed by atoms with Crippen molar-refractivity contribution in [3.05, 3.63) is 30.8 Å². The lowest BCUT2D eigenvalue weighted by molar-refractivity contribution is 0.340. The maximum Gasteiger partial charge on any atom is 0.119 e. The second-order valence-corrected chi connectivity index (χ2v) is 2.20. The van der Waals surface area contributed by atoms with Gasteiger partial charge in [-0.25, -0.2) is 4.99 Å². The summed E-state index contributed by atoms with van der Waals surface area (Å²) in [6.45, 7) is 6.03. The Hall–Kier alpha value is -1.53. The van der Waals surface area contributed by atoms with Gasteiger partial charge in [0, 0.05) is 0 Å². The van der Waals surface area contributed by atoms with Crippen LogP contribution in [0.15, 0.2) is 35.8 Å². The highest BCUT2D eigenvalue weighted by molar-refractivity contribution is 5.56. The topological polar surface area (TPSA) is 21.6 Å². The Morgan fingerprint density at radius 3 is 2.58 bits per heavy atom. The van der Waals surface area contributed by atoms with Crippen LogP contribution in [0.1, 0.15) is 6.92 Å². The normalized spacial score (nSPS) is 8.75. The molecular weight excluding hydrogens is 150 g/mol. The fraction of sp³-hybridized carbons (Fsp3) is 0.200. The van der Waals surface area contributed by atoms with E-state index in [4.69, 9.17) is 4.74 Å². The van der Waals surface area contributed by atoms with Crippen molar-refractivity contribution in [2.45, 2.75) is 6.92 Å². The van der Waals surface area contributed by atoms with Gasteiger partial charge >= 0.3 is 0 Å².